The molecule has 1 aliphatic heterocycles. The van der Waals surface area contributed by atoms with E-state index in [-0.39, 0.29) is 0 Å². The van der Waals surface area contributed by atoms with E-state index in [1.54, 1.807) is 18.5 Å². The molecular weight excluding hydrogens is 426 g/mol. The number of hydrogen-bond donors (Lipinski definition) is 2. The smallest absolute Gasteiger partial charge is 0.232 e. The van der Waals surface area contributed by atoms with Gasteiger partial charge >= 0.3 is 0 Å². The van der Waals surface area contributed by atoms with Gasteiger partial charge in [0.2, 0.25) is 5.95 Å². The Bertz CT molecular complexity index is 1000. The number of aromatic nitrogens is 4. The second-order valence-electron chi connectivity index (χ2n) is 7.35. The average Bonchev–Trinajstić information content (AvgIpc) is 2.79. The van der Waals surface area contributed by atoms with Gasteiger partial charge in [-0.15, -0.1) is 0 Å². The zero-order chi connectivity index (χ0) is 21.5. The molecule has 0 unspecified atom stereocenters. The maximum absolute atomic E-state index is 5.48. The number of nitrogens with zero attached hydrogens (tertiary/aromatic N) is 5. The third kappa shape index (κ3) is 6.11. The number of anilines is 2. The number of hydrogen-bond acceptors (Lipinski definition) is 7. The van der Waals surface area contributed by atoms with Gasteiger partial charge in [0, 0.05) is 37.6 Å². The lowest BCUT2D eigenvalue weighted by molar-refractivity contribution is 0.480. The lowest BCUT2D eigenvalue weighted by atomic mass is 10.0. The number of nitrogens with one attached hydrogen (secondary N) is 2. The summed E-state index contributed by atoms with van der Waals surface area (Å²) in [7, 11) is 0. The minimum atomic E-state index is 0.436. The van der Waals surface area contributed by atoms with Crippen molar-refractivity contribution >= 4 is 40.9 Å². The minimum Gasteiger partial charge on any atom is -0.358 e. The first kappa shape index (κ1) is 21.5. The Kier molecular flexibility index (Phi) is 7.26. The maximum atomic E-state index is 5.48. The van der Waals surface area contributed by atoms with Gasteiger partial charge < -0.3 is 15.5 Å². The molecule has 0 bridgehead atoms. The Hall–Kier alpha value is -2.78. The van der Waals surface area contributed by atoms with Crippen LogP contribution in [0.3, 0.4) is 0 Å². The van der Waals surface area contributed by atoms with E-state index in [0.717, 1.165) is 29.4 Å². The van der Waals surface area contributed by atoms with E-state index in [1.165, 1.54) is 24.6 Å². The molecule has 0 aliphatic carbocycles. The molecule has 4 rings (SSSR count). The molecule has 1 saturated heterocycles. The SMILES string of the molecule is C[C@@H]1CCCCN1c1cc(Sc2ncccn2)nc(NC(=S)NCc2ccccc2)n1. The van der Waals surface area contributed by atoms with Crippen LogP contribution in [0.5, 0.6) is 0 Å². The molecule has 2 N–H and O–H groups in total. The van der Waals surface area contributed by atoms with Gasteiger partial charge in [-0.05, 0) is 61.8 Å². The fourth-order valence-electron chi connectivity index (χ4n) is 3.46. The topological polar surface area (TPSA) is 78.9 Å². The van der Waals surface area contributed by atoms with Crippen LogP contribution in [0.15, 0.2) is 65.0 Å². The molecule has 160 valence electrons. The summed E-state index contributed by atoms with van der Waals surface area (Å²) in [4.78, 5) is 20.4. The van der Waals surface area contributed by atoms with Gasteiger partial charge in [0.25, 0.3) is 0 Å². The summed E-state index contributed by atoms with van der Waals surface area (Å²) in [6.45, 7) is 3.86. The lowest BCUT2D eigenvalue weighted by Gasteiger charge is -2.34. The van der Waals surface area contributed by atoms with Crippen molar-refractivity contribution in [1.29, 1.82) is 0 Å². The van der Waals surface area contributed by atoms with Crippen molar-refractivity contribution in [1.82, 2.24) is 25.3 Å². The summed E-state index contributed by atoms with van der Waals surface area (Å²) in [5.74, 6) is 1.37. The first-order valence-corrected chi connectivity index (χ1v) is 11.6. The van der Waals surface area contributed by atoms with E-state index >= 15 is 0 Å². The zero-order valence-electron chi connectivity index (χ0n) is 17.4. The Morgan fingerprint density at radius 1 is 1.13 bits per heavy atom. The van der Waals surface area contributed by atoms with E-state index in [4.69, 9.17) is 17.2 Å². The van der Waals surface area contributed by atoms with Crippen LogP contribution < -0.4 is 15.5 Å². The van der Waals surface area contributed by atoms with E-state index in [1.807, 2.05) is 24.3 Å². The van der Waals surface area contributed by atoms with E-state index < -0.39 is 0 Å². The van der Waals surface area contributed by atoms with Gasteiger partial charge in [-0.25, -0.2) is 15.0 Å². The summed E-state index contributed by atoms with van der Waals surface area (Å²) >= 11 is 6.90. The molecule has 2 aromatic heterocycles. The maximum Gasteiger partial charge on any atom is 0.232 e. The normalized spacial score (nSPS) is 16.0. The van der Waals surface area contributed by atoms with Crippen molar-refractivity contribution < 1.29 is 0 Å². The van der Waals surface area contributed by atoms with Crippen LogP contribution in [0.4, 0.5) is 11.8 Å². The van der Waals surface area contributed by atoms with Gasteiger partial charge in [0.15, 0.2) is 10.3 Å². The van der Waals surface area contributed by atoms with Crippen LogP contribution in [0.25, 0.3) is 0 Å². The Morgan fingerprint density at radius 3 is 2.71 bits per heavy atom. The van der Waals surface area contributed by atoms with Crippen molar-refractivity contribution in [3.63, 3.8) is 0 Å². The summed E-state index contributed by atoms with van der Waals surface area (Å²) in [5, 5.41) is 8.28. The molecule has 1 atom stereocenters. The molecule has 1 fully saturated rings. The fourth-order valence-corrected chi connectivity index (χ4v) is 4.34. The molecule has 0 amide bonds. The first-order valence-electron chi connectivity index (χ1n) is 10.4. The summed E-state index contributed by atoms with van der Waals surface area (Å²) < 4.78 is 0. The van der Waals surface area contributed by atoms with Gasteiger partial charge in [-0.3, -0.25) is 0 Å². The zero-order valence-corrected chi connectivity index (χ0v) is 19.0. The predicted octanol–water partition coefficient (Wildman–Crippen LogP) is 4.28. The number of rotatable bonds is 6. The van der Waals surface area contributed by atoms with Crippen molar-refractivity contribution in [2.45, 2.75) is 49.0 Å². The molecule has 3 heterocycles. The Balaban J connectivity index is 1.52. The highest BCUT2D eigenvalue weighted by Gasteiger charge is 2.21. The van der Waals surface area contributed by atoms with Crippen LogP contribution in [0.2, 0.25) is 0 Å². The lowest BCUT2D eigenvalue weighted by Crippen LogP contribution is -2.38. The molecule has 7 nitrogen and oxygen atoms in total. The average molecular weight is 452 g/mol. The van der Waals surface area contributed by atoms with Crippen LogP contribution in [-0.2, 0) is 6.54 Å². The van der Waals surface area contributed by atoms with Gasteiger partial charge in [-0.2, -0.15) is 4.98 Å². The van der Waals surface area contributed by atoms with Crippen molar-refractivity contribution in [2.75, 3.05) is 16.8 Å². The highest BCUT2D eigenvalue weighted by Crippen LogP contribution is 2.29. The molecule has 1 aromatic carbocycles. The summed E-state index contributed by atoms with van der Waals surface area (Å²) in [5.41, 5.74) is 1.15. The second-order valence-corrected chi connectivity index (χ2v) is 8.75. The quantitative estimate of drug-likeness (QED) is 0.324. The number of thiocarbonyl (C=S) groups is 1. The molecular formula is C22H25N7S2. The third-order valence-corrected chi connectivity index (χ3v) is 6.10. The Morgan fingerprint density at radius 2 is 1.94 bits per heavy atom. The summed E-state index contributed by atoms with van der Waals surface area (Å²) in [6, 6.07) is 14.4. The van der Waals surface area contributed by atoms with E-state index in [2.05, 4.69) is 49.5 Å². The molecule has 1 aliphatic rings. The van der Waals surface area contributed by atoms with E-state index in [0.29, 0.717) is 28.8 Å². The molecule has 0 saturated carbocycles. The molecule has 3 aromatic rings. The standard InChI is InChI=1S/C22H25N7S2/c1-16-8-5-6-13-29(16)18-14-19(31-22-23-11-7-12-24-22)27-20(26-18)28-21(30)25-15-17-9-3-2-4-10-17/h2-4,7,9-12,14,16H,5-6,8,13,15H2,1H3,(H2,25,26,27,28,30)/t16-/m1/s1. The monoisotopic (exact) mass is 451 g/mol. The fraction of sp³-hybridized carbons (Fsp3) is 0.318. The van der Waals surface area contributed by atoms with Gasteiger partial charge in [0.1, 0.15) is 10.8 Å². The first-order chi connectivity index (χ1) is 15.2. The van der Waals surface area contributed by atoms with Crippen molar-refractivity contribution in [2.24, 2.45) is 0 Å². The highest BCUT2D eigenvalue weighted by atomic mass is 32.2. The number of benzene rings is 1. The van der Waals surface area contributed by atoms with Crippen LogP contribution in [0, 0.1) is 0 Å². The molecule has 0 spiro atoms. The highest BCUT2D eigenvalue weighted by molar-refractivity contribution is 7.99. The summed E-state index contributed by atoms with van der Waals surface area (Å²) in [6.07, 6.45) is 7.03. The molecule has 31 heavy (non-hydrogen) atoms. The predicted molar refractivity (Wildman–Crippen MR) is 128 cm³/mol. The van der Waals surface area contributed by atoms with Crippen molar-refractivity contribution in [3.05, 3.63) is 60.4 Å². The minimum absolute atomic E-state index is 0.436. The van der Waals surface area contributed by atoms with Crippen LogP contribution >= 0.6 is 24.0 Å². The third-order valence-electron chi connectivity index (χ3n) is 5.05. The Labute approximate surface area is 192 Å². The van der Waals surface area contributed by atoms with Crippen molar-refractivity contribution in [3.8, 4) is 0 Å². The van der Waals surface area contributed by atoms with Crippen LogP contribution in [-0.4, -0.2) is 37.6 Å². The van der Waals surface area contributed by atoms with Gasteiger partial charge in [-0.1, -0.05) is 30.3 Å². The van der Waals surface area contributed by atoms with Crippen LogP contribution in [0.1, 0.15) is 31.7 Å². The number of piperidine rings is 1. The second kappa shape index (κ2) is 10.5. The van der Waals surface area contributed by atoms with Gasteiger partial charge in [0.05, 0.1) is 0 Å². The molecule has 0 radical (unpaired) electrons. The molecule has 9 heteroatoms. The van der Waals surface area contributed by atoms with E-state index in [9.17, 15) is 0 Å². The largest absolute Gasteiger partial charge is 0.358 e.